The van der Waals surface area contributed by atoms with E-state index in [2.05, 4.69) is 202 Å². The molecule has 0 spiro atoms. The minimum absolute atomic E-state index is 0.143. The first-order valence-electron chi connectivity index (χ1n) is 26.1. The molecular weight excluding hydrogens is 921 g/mol. The third-order valence-electron chi connectivity index (χ3n) is 15.2. The average molecular weight is 999 g/mol. The average Bonchev–Trinajstić information content (AvgIpc) is 3.38. The molecule has 1 saturated carbocycles. The van der Waals surface area contributed by atoms with Crippen LogP contribution in [-0.4, -0.2) is 53.3 Å². The molecule has 0 radical (unpaired) electrons. The molecule has 72 heavy (non-hydrogen) atoms. The summed E-state index contributed by atoms with van der Waals surface area (Å²) >= 11 is 0. The van der Waals surface area contributed by atoms with E-state index in [0.717, 1.165) is 51.9 Å². The summed E-state index contributed by atoms with van der Waals surface area (Å²) in [6, 6.07) is 62.7. The second-order valence-corrected chi connectivity index (χ2v) is 31.1. The van der Waals surface area contributed by atoms with Gasteiger partial charge in [-0.15, -0.1) is 0 Å². The SMILES string of the molecule is C[C@@H]1CC[C@@H](C(C)(C)c2ccccc2)[C@H](OC(=O)/C=C\[C@H](C[C@@H](C[C@H](C=O)O[Si](c2ccccc2)(c2ccccc2)C(C)(C)C)OCc2ccccc2)O[Si](c2ccccc2)(c2ccccc2)C(C)(C)C)C1. The van der Waals surface area contributed by atoms with Gasteiger partial charge in [-0.3, -0.25) is 0 Å². The molecule has 6 nitrogen and oxygen atoms in total. The highest BCUT2D eigenvalue weighted by Gasteiger charge is 2.53. The van der Waals surface area contributed by atoms with Crippen molar-refractivity contribution < 1.29 is 27.9 Å². The number of ether oxygens (including phenoxy) is 2. The zero-order chi connectivity index (χ0) is 51.4. The van der Waals surface area contributed by atoms with Gasteiger partial charge in [0.1, 0.15) is 18.5 Å². The number of hydrogen-bond donors (Lipinski definition) is 0. The van der Waals surface area contributed by atoms with Crippen molar-refractivity contribution in [3.63, 3.8) is 0 Å². The van der Waals surface area contributed by atoms with Crippen LogP contribution in [0, 0.1) is 11.8 Å². The van der Waals surface area contributed by atoms with Crippen molar-refractivity contribution in [3.05, 3.63) is 205 Å². The van der Waals surface area contributed by atoms with Gasteiger partial charge in [-0.05, 0) is 72.2 Å². The Kier molecular flexibility index (Phi) is 18.1. The summed E-state index contributed by atoms with van der Waals surface area (Å²) in [5.74, 6) is 0.186. The van der Waals surface area contributed by atoms with Crippen molar-refractivity contribution in [2.45, 2.75) is 141 Å². The number of esters is 1. The Labute approximate surface area is 433 Å². The van der Waals surface area contributed by atoms with E-state index in [1.807, 2.05) is 48.5 Å². The number of carbonyl (C=O) groups is 2. The van der Waals surface area contributed by atoms with Gasteiger partial charge in [0.2, 0.25) is 0 Å². The fourth-order valence-corrected chi connectivity index (χ4v) is 20.7. The number of aldehydes is 1. The summed E-state index contributed by atoms with van der Waals surface area (Å²) in [6.07, 6.45) is 5.63. The van der Waals surface area contributed by atoms with Gasteiger partial charge >= 0.3 is 5.97 Å². The monoisotopic (exact) mass is 999 g/mol. The summed E-state index contributed by atoms with van der Waals surface area (Å²) in [5, 5.41) is 3.70. The first-order chi connectivity index (χ1) is 34.5. The molecule has 6 aromatic rings. The molecule has 0 N–H and O–H groups in total. The molecule has 1 aliphatic carbocycles. The molecule has 8 heteroatoms. The maximum absolute atomic E-state index is 14.5. The Morgan fingerprint density at radius 2 is 0.972 bits per heavy atom. The standard InChI is InChI=1S/C64H78O6Si2/c1-49-40-42-59(64(8,9)51-30-18-11-19-31-51)60(44-49)68-61(66)43-41-52(69-71(62(2,3)4,55-32-20-12-21-33-55)56-34-22-13-23-35-56)45-53(67-48-50-28-16-10-17-29-50)46-54(47-65)70-72(63(5,6)7,57-36-24-14-25-37-57)58-38-26-15-27-39-58/h10-39,41,43,47,49,52-54,59-60H,40,42,44-46,48H2,1-9H3/b43-41-/t49-,52-,53+,54-,59-,60-/m1/s1. The lowest BCUT2D eigenvalue weighted by Crippen LogP contribution is -2.68. The van der Waals surface area contributed by atoms with Crippen LogP contribution in [0.4, 0.5) is 0 Å². The molecule has 0 saturated heterocycles. The lowest BCUT2D eigenvalue weighted by Gasteiger charge is -2.46. The minimum Gasteiger partial charge on any atom is -0.459 e. The summed E-state index contributed by atoms with van der Waals surface area (Å²) in [7, 11) is -6.38. The van der Waals surface area contributed by atoms with E-state index < -0.39 is 34.9 Å². The van der Waals surface area contributed by atoms with Gasteiger partial charge in [0.15, 0.2) is 0 Å². The van der Waals surface area contributed by atoms with Gasteiger partial charge < -0.3 is 23.1 Å². The first-order valence-corrected chi connectivity index (χ1v) is 29.9. The van der Waals surface area contributed by atoms with Crippen LogP contribution in [0.1, 0.15) is 106 Å². The normalized spacial score (nSPS) is 18.3. The van der Waals surface area contributed by atoms with Crippen LogP contribution in [0.2, 0.25) is 10.1 Å². The Bertz CT molecular complexity index is 2530. The van der Waals surface area contributed by atoms with E-state index in [1.54, 1.807) is 6.08 Å². The van der Waals surface area contributed by atoms with Crippen LogP contribution < -0.4 is 20.7 Å². The summed E-state index contributed by atoms with van der Waals surface area (Å²) in [5.41, 5.74) is 2.05. The molecule has 378 valence electrons. The van der Waals surface area contributed by atoms with Crippen LogP contribution in [0.25, 0.3) is 0 Å². The molecule has 1 aliphatic rings. The van der Waals surface area contributed by atoms with E-state index >= 15 is 0 Å². The van der Waals surface area contributed by atoms with Crippen molar-refractivity contribution in [2.75, 3.05) is 0 Å². The number of benzene rings is 6. The van der Waals surface area contributed by atoms with Gasteiger partial charge in [-0.2, -0.15) is 0 Å². The molecule has 0 aliphatic heterocycles. The molecule has 0 amide bonds. The maximum Gasteiger partial charge on any atom is 0.330 e. The summed E-state index contributed by atoms with van der Waals surface area (Å²) in [6.45, 7) is 20.6. The van der Waals surface area contributed by atoms with E-state index in [4.69, 9.17) is 18.3 Å². The fourth-order valence-electron chi connectivity index (χ4n) is 11.4. The van der Waals surface area contributed by atoms with Crippen molar-refractivity contribution in [1.29, 1.82) is 0 Å². The van der Waals surface area contributed by atoms with Crippen LogP contribution in [0.5, 0.6) is 0 Å². The zero-order valence-corrected chi connectivity index (χ0v) is 46.2. The molecule has 1 fully saturated rings. The smallest absolute Gasteiger partial charge is 0.330 e. The first kappa shape index (κ1) is 54.3. The Morgan fingerprint density at radius 1 is 0.569 bits per heavy atom. The van der Waals surface area contributed by atoms with Crippen molar-refractivity contribution in [1.82, 2.24) is 0 Å². The Morgan fingerprint density at radius 3 is 1.40 bits per heavy atom. The molecule has 6 aromatic carbocycles. The third kappa shape index (κ3) is 12.6. The van der Waals surface area contributed by atoms with Crippen LogP contribution in [-0.2, 0) is 39.9 Å². The van der Waals surface area contributed by atoms with E-state index in [1.165, 1.54) is 5.56 Å². The topological polar surface area (TPSA) is 71.1 Å². The molecule has 6 atom stereocenters. The molecule has 0 bridgehead atoms. The van der Waals surface area contributed by atoms with E-state index in [-0.39, 0.29) is 39.9 Å². The van der Waals surface area contributed by atoms with Gasteiger partial charge in [0, 0.05) is 24.8 Å². The summed E-state index contributed by atoms with van der Waals surface area (Å²) in [4.78, 5) is 28.3. The lowest BCUT2D eigenvalue weighted by molar-refractivity contribution is -0.150. The minimum atomic E-state index is -3.22. The molecule has 7 rings (SSSR count). The van der Waals surface area contributed by atoms with Gasteiger partial charge in [0.25, 0.3) is 16.6 Å². The maximum atomic E-state index is 14.5. The zero-order valence-electron chi connectivity index (χ0n) is 44.2. The lowest BCUT2D eigenvalue weighted by atomic mass is 9.64. The third-order valence-corrected chi connectivity index (χ3v) is 25.3. The number of rotatable bonds is 21. The highest BCUT2D eigenvalue weighted by molar-refractivity contribution is 7.00. The Hall–Kier alpha value is -5.49. The van der Waals surface area contributed by atoms with Crippen molar-refractivity contribution in [2.24, 2.45) is 11.8 Å². The predicted octanol–water partition coefficient (Wildman–Crippen LogP) is 12.3. The van der Waals surface area contributed by atoms with Crippen molar-refractivity contribution in [3.8, 4) is 0 Å². The largest absolute Gasteiger partial charge is 0.459 e. The second-order valence-electron chi connectivity index (χ2n) is 22.6. The van der Waals surface area contributed by atoms with E-state index in [0.29, 0.717) is 18.9 Å². The van der Waals surface area contributed by atoms with Gasteiger partial charge in [0.05, 0.1) is 18.8 Å². The fraction of sp³-hybridized carbons (Fsp3) is 0.375. The second kappa shape index (κ2) is 24.0. The van der Waals surface area contributed by atoms with Gasteiger partial charge in [-0.25, -0.2) is 4.79 Å². The van der Waals surface area contributed by atoms with Crippen LogP contribution in [0.3, 0.4) is 0 Å². The summed E-state index contributed by atoms with van der Waals surface area (Å²) < 4.78 is 29.0. The highest BCUT2D eigenvalue weighted by Crippen LogP contribution is 2.44. The van der Waals surface area contributed by atoms with Crippen molar-refractivity contribution >= 4 is 49.6 Å². The molecule has 0 unspecified atom stereocenters. The highest BCUT2D eigenvalue weighted by atomic mass is 28.4. The molecule has 0 heterocycles. The van der Waals surface area contributed by atoms with E-state index in [9.17, 15) is 9.59 Å². The Balaban J connectivity index is 1.31. The van der Waals surface area contributed by atoms with Crippen LogP contribution in [0.15, 0.2) is 194 Å². The molecular formula is C64H78O6Si2. The number of carbonyl (C=O) groups excluding carboxylic acids is 2. The molecule has 0 aromatic heterocycles. The quantitative estimate of drug-likeness (QED) is 0.0310. The van der Waals surface area contributed by atoms with Crippen LogP contribution >= 0.6 is 0 Å². The number of hydrogen-bond acceptors (Lipinski definition) is 6. The van der Waals surface area contributed by atoms with Gasteiger partial charge in [-0.1, -0.05) is 251 Å². The predicted molar refractivity (Wildman–Crippen MR) is 300 cm³/mol.